The van der Waals surface area contributed by atoms with Crippen LogP contribution in [0, 0.1) is 0 Å². The van der Waals surface area contributed by atoms with Crippen molar-refractivity contribution < 1.29 is 9.59 Å². The molecular formula is C27H27Cl2N5O3. The lowest BCUT2D eigenvalue weighted by atomic mass is 10.0. The number of nitrogens with zero attached hydrogens (tertiary/aromatic N) is 4. The monoisotopic (exact) mass is 539 g/mol. The second-order valence-corrected chi connectivity index (χ2v) is 10.2. The maximum atomic E-state index is 13.1. The molecule has 2 aromatic carbocycles. The lowest BCUT2D eigenvalue weighted by molar-refractivity contribution is -0.132. The van der Waals surface area contributed by atoms with E-state index in [1.54, 1.807) is 39.7 Å². The Balaban J connectivity index is 1.25. The summed E-state index contributed by atoms with van der Waals surface area (Å²) >= 11 is 12.6. The minimum absolute atomic E-state index is 0.00415. The molecule has 10 heteroatoms. The number of rotatable bonds is 5. The van der Waals surface area contributed by atoms with E-state index in [4.69, 9.17) is 23.2 Å². The van der Waals surface area contributed by atoms with Crippen molar-refractivity contribution in [2.75, 3.05) is 33.2 Å². The van der Waals surface area contributed by atoms with Crippen molar-refractivity contribution in [1.82, 2.24) is 24.3 Å². The lowest BCUT2D eigenvalue weighted by Crippen LogP contribution is -2.49. The summed E-state index contributed by atoms with van der Waals surface area (Å²) in [5.74, 6) is -0.138. The third-order valence-electron chi connectivity index (χ3n) is 6.93. The van der Waals surface area contributed by atoms with Crippen molar-refractivity contribution in [3.63, 3.8) is 0 Å². The van der Waals surface area contributed by atoms with Gasteiger partial charge >= 0.3 is 11.7 Å². The Hall–Kier alpha value is -3.49. The van der Waals surface area contributed by atoms with Gasteiger partial charge in [-0.15, -0.1) is 0 Å². The van der Waals surface area contributed by atoms with Gasteiger partial charge in [-0.25, -0.2) is 9.59 Å². The number of piperidine rings is 1. The highest BCUT2D eigenvalue weighted by molar-refractivity contribution is 6.43. The number of urea groups is 1. The lowest BCUT2D eigenvalue weighted by Gasteiger charge is -2.36. The number of benzene rings is 2. The quantitative estimate of drug-likeness (QED) is 0.509. The van der Waals surface area contributed by atoms with E-state index in [1.807, 2.05) is 42.6 Å². The molecule has 3 heterocycles. The van der Waals surface area contributed by atoms with Crippen molar-refractivity contribution in [3.05, 3.63) is 87.0 Å². The Labute approximate surface area is 224 Å². The normalized spacial score (nSPS) is 16.8. The van der Waals surface area contributed by atoms with Gasteiger partial charge in [0.1, 0.15) is 6.54 Å². The molecule has 1 saturated heterocycles. The van der Waals surface area contributed by atoms with E-state index >= 15 is 0 Å². The highest BCUT2D eigenvalue weighted by Crippen LogP contribution is 2.33. The molecule has 0 aliphatic carbocycles. The van der Waals surface area contributed by atoms with E-state index in [0.717, 1.165) is 22.4 Å². The van der Waals surface area contributed by atoms with E-state index in [2.05, 4.69) is 4.98 Å². The number of H-pyrrole nitrogens is 1. The number of hydrogen-bond donors (Lipinski definition) is 1. The average molecular weight is 540 g/mol. The number of hydrogen-bond acceptors (Lipinski definition) is 3. The fraction of sp³-hybridized carbons (Fsp3) is 0.296. The first-order valence-electron chi connectivity index (χ1n) is 12.1. The van der Waals surface area contributed by atoms with Crippen molar-refractivity contribution >= 4 is 40.7 Å². The Kier molecular flexibility index (Phi) is 7.13. The van der Waals surface area contributed by atoms with Crippen LogP contribution in [0.2, 0.25) is 10.0 Å². The number of amides is 3. The summed E-state index contributed by atoms with van der Waals surface area (Å²) in [7, 11) is 1.69. The highest BCUT2D eigenvalue weighted by Gasteiger charge is 2.30. The molecular weight excluding hydrogens is 513 g/mol. The Morgan fingerprint density at radius 1 is 1.03 bits per heavy atom. The van der Waals surface area contributed by atoms with Gasteiger partial charge in [0.25, 0.3) is 0 Å². The number of likely N-dealkylation sites (tertiary alicyclic amines) is 1. The molecule has 0 spiro atoms. The number of imidazole rings is 1. The maximum absolute atomic E-state index is 13.1. The van der Waals surface area contributed by atoms with Crippen molar-refractivity contribution in [2.45, 2.75) is 18.9 Å². The zero-order valence-electron chi connectivity index (χ0n) is 20.4. The van der Waals surface area contributed by atoms with Crippen LogP contribution < -0.4 is 5.69 Å². The molecule has 1 N–H and O–H groups in total. The van der Waals surface area contributed by atoms with Gasteiger partial charge < -0.3 is 14.8 Å². The van der Waals surface area contributed by atoms with Crippen molar-refractivity contribution in [3.8, 4) is 11.3 Å². The summed E-state index contributed by atoms with van der Waals surface area (Å²) in [6.45, 7) is 1.32. The van der Waals surface area contributed by atoms with Crippen LogP contribution >= 0.6 is 23.2 Å². The molecule has 1 fully saturated rings. The fourth-order valence-corrected chi connectivity index (χ4v) is 5.35. The van der Waals surface area contributed by atoms with Crippen LogP contribution in [0.5, 0.6) is 0 Å². The summed E-state index contributed by atoms with van der Waals surface area (Å²) in [4.78, 5) is 46.2. The number of aromatic nitrogens is 2. The molecule has 0 saturated carbocycles. The fourth-order valence-electron chi connectivity index (χ4n) is 4.93. The number of carbonyl (C=O) groups is 2. The molecule has 0 bridgehead atoms. The number of likely N-dealkylation sites (N-methyl/N-ethyl adjacent to an activating group) is 1. The summed E-state index contributed by atoms with van der Waals surface area (Å²) in [6, 6.07) is 14.8. The predicted molar refractivity (Wildman–Crippen MR) is 145 cm³/mol. The smallest absolute Gasteiger partial charge is 0.326 e. The SMILES string of the molecule is CN1CC(c2cccc(Cl)c2Cl)=CN(CC(=O)N2CCC(n3cc(-c4ccccc4)[nH]c3=O)CC2)C1=O. The van der Waals surface area contributed by atoms with Crippen molar-refractivity contribution in [2.24, 2.45) is 0 Å². The number of aromatic amines is 1. The molecule has 2 aliphatic heterocycles. The molecule has 2 aliphatic rings. The van der Waals surface area contributed by atoms with E-state index in [1.165, 1.54) is 4.90 Å². The summed E-state index contributed by atoms with van der Waals surface area (Å²) in [5, 5.41) is 0.851. The number of carbonyl (C=O) groups excluding carboxylic acids is 2. The van der Waals surface area contributed by atoms with E-state index < -0.39 is 0 Å². The zero-order chi connectivity index (χ0) is 26.1. The van der Waals surface area contributed by atoms with E-state index in [-0.39, 0.29) is 30.2 Å². The highest BCUT2D eigenvalue weighted by atomic mass is 35.5. The van der Waals surface area contributed by atoms with Crippen LogP contribution in [-0.2, 0) is 4.79 Å². The number of nitrogens with one attached hydrogen (secondary N) is 1. The standard InChI is InChI=1S/C27H27Cl2N5O3/c1-31-14-19(21-8-5-9-22(28)25(21)29)15-33(27(31)37)17-24(35)32-12-10-20(11-13-32)34-16-23(30-26(34)36)18-6-3-2-4-7-18/h2-9,15-16,20H,10-14,17H2,1H3,(H,30,36). The first-order valence-corrected chi connectivity index (χ1v) is 12.9. The second-order valence-electron chi connectivity index (χ2n) is 9.38. The third-order valence-corrected chi connectivity index (χ3v) is 7.75. The molecule has 0 atom stereocenters. The van der Waals surface area contributed by atoms with E-state index in [0.29, 0.717) is 42.5 Å². The Morgan fingerprint density at radius 2 is 1.76 bits per heavy atom. The van der Waals surface area contributed by atoms with Crippen LogP contribution in [0.15, 0.2) is 65.7 Å². The molecule has 37 heavy (non-hydrogen) atoms. The second kappa shape index (κ2) is 10.5. The number of halogens is 2. The predicted octanol–water partition coefficient (Wildman–Crippen LogP) is 4.72. The van der Waals surface area contributed by atoms with Crippen LogP contribution in [0.1, 0.15) is 24.4 Å². The van der Waals surface area contributed by atoms with Gasteiger partial charge in [-0.2, -0.15) is 0 Å². The van der Waals surface area contributed by atoms with Crippen LogP contribution in [0.25, 0.3) is 16.8 Å². The van der Waals surface area contributed by atoms with Gasteiger partial charge in [0.15, 0.2) is 0 Å². The minimum atomic E-state index is -0.252. The van der Waals surface area contributed by atoms with Gasteiger partial charge in [-0.1, -0.05) is 65.7 Å². The van der Waals surface area contributed by atoms with Crippen LogP contribution in [0.3, 0.4) is 0 Å². The summed E-state index contributed by atoms with van der Waals surface area (Å²) in [6.07, 6.45) is 4.86. The van der Waals surface area contributed by atoms with E-state index in [9.17, 15) is 14.4 Å². The van der Waals surface area contributed by atoms with Crippen molar-refractivity contribution in [1.29, 1.82) is 0 Å². The van der Waals surface area contributed by atoms with Gasteiger partial charge in [-0.05, 0) is 30.0 Å². The molecule has 5 rings (SSSR count). The molecule has 1 aromatic heterocycles. The van der Waals surface area contributed by atoms with Gasteiger partial charge in [-0.3, -0.25) is 14.3 Å². The molecule has 192 valence electrons. The first kappa shape index (κ1) is 25.2. The topological polar surface area (TPSA) is 81.7 Å². The average Bonchev–Trinajstić information content (AvgIpc) is 3.30. The molecule has 8 nitrogen and oxygen atoms in total. The first-order chi connectivity index (χ1) is 17.8. The largest absolute Gasteiger partial charge is 0.341 e. The van der Waals surface area contributed by atoms with Gasteiger partial charge in [0, 0.05) is 50.7 Å². The molecule has 3 amide bonds. The summed E-state index contributed by atoms with van der Waals surface area (Å²) in [5.41, 5.74) is 3.12. The minimum Gasteiger partial charge on any atom is -0.341 e. The Bertz CT molecular complexity index is 1410. The van der Waals surface area contributed by atoms with Crippen LogP contribution in [-0.4, -0.2) is 69.4 Å². The molecule has 0 unspecified atom stereocenters. The Morgan fingerprint density at radius 3 is 2.49 bits per heavy atom. The molecule has 0 radical (unpaired) electrons. The van der Waals surface area contributed by atoms with Gasteiger partial charge in [0.05, 0.1) is 15.7 Å². The molecule has 3 aromatic rings. The summed E-state index contributed by atoms with van der Waals surface area (Å²) < 4.78 is 1.73. The van der Waals surface area contributed by atoms with Gasteiger partial charge in [0.2, 0.25) is 5.91 Å². The zero-order valence-corrected chi connectivity index (χ0v) is 21.9. The maximum Gasteiger partial charge on any atom is 0.326 e. The third kappa shape index (κ3) is 5.17. The van der Waals surface area contributed by atoms with Crippen LogP contribution in [0.4, 0.5) is 4.79 Å².